The fourth-order valence-electron chi connectivity index (χ4n) is 3.50. The molecule has 1 heterocycles. The van der Waals surface area contributed by atoms with Gasteiger partial charge in [0, 0.05) is 24.7 Å². The molecule has 1 aliphatic heterocycles. The minimum absolute atomic E-state index is 0.0240. The number of piperidine rings is 1. The number of nitrogens with one attached hydrogen (secondary N) is 1. The number of carbonyl (C=O) groups excluding carboxylic acids is 1. The molecule has 1 saturated heterocycles. The zero-order valence-corrected chi connectivity index (χ0v) is 17.4. The molecule has 2 aromatic rings. The van der Waals surface area contributed by atoms with Crippen LogP contribution in [0.2, 0.25) is 0 Å². The van der Waals surface area contributed by atoms with E-state index in [0.29, 0.717) is 18.8 Å². The predicted octanol–water partition coefficient (Wildman–Crippen LogP) is 3.72. The largest absolute Gasteiger partial charge is 0.326 e. The molecule has 0 spiro atoms. The van der Waals surface area contributed by atoms with Crippen LogP contribution in [-0.4, -0.2) is 31.7 Å². The Bertz CT molecular complexity index is 1030. The third-order valence-electron chi connectivity index (χ3n) is 5.27. The van der Waals surface area contributed by atoms with Crippen molar-refractivity contribution in [3.05, 3.63) is 59.7 Å². The van der Waals surface area contributed by atoms with Crippen molar-refractivity contribution in [1.82, 2.24) is 4.31 Å². The van der Waals surface area contributed by atoms with Gasteiger partial charge in [-0.3, -0.25) is 4.79 Å². The molecule has 3 rings (SSSR count). The van der Waals surface area contributed by atoms with Crippen molar-refractivity contribution < 1.29 is 13.2 Å². The van der Waals surface area contributed by atoms with E-state index in [1.165, 1.54) is 16.4 Å². The number of nitriles is 1. The molecule has 0 saturated carbocycles. The highest BCUT2D eigenvalue weighted by Gasteiger charge is 2.33. The molecule has 0 unspecified atom stereocenters. The second-order valence-corrected chi connectivity index (χ2v) is 9.46. The summed E-state index contributed by atoms with van der Waals surface area (Å²) in [7, 11) is -3.75. The Morgan fingerprint density at radius 3 is 2.48 bits per heavy atom. The maximum Gasteiger partial charge on any atom is 0.244 e. The number of hydrogen-bond donors (Lipinski definition) is 1. The van der Waals surface area contributed by atoms with Crippen molar-refractivity contribution in [2.45, 2.75) is 37.5 Å². The van der Waals surface area contributed by atoms with Crippen molar-refractivity contribution in [2.24, 2.45) is 5.92 Å². The normalized spacial score (nSPS) is 15.8. The van der Waals surface area contributed by atoms with Crippen LogP contribution >= 0.6 is 0 Å². The lowest BCUT2D eigenvalue weighted by Crippen LogP contribution is -2.41. The second-order valence-electron chi connectivity index (χ2n) is 7.56. The average molecular weight is 412 g/mol. The Labute approximate surface area is 172 Å². The summed E-state index contributed by atoms with van der Waals surface area (Å²) in [5, 5.41) is 12.2. The smallest absolute Gasteiger partial charge is 0.244 e. The molecule has 7 heteroatoms. The number of rotatable bonds is 5. The minimum atomic E-state index is -3.75. The Kier molecular flexibility index (Phi) is 6.36. The quantitative estimate of drug-likeness (QED) is 0.812. The number of amides is 1. The summed E-state index contributed by atoms with van der Waals surface area (Å²) in [6.45, 7) is 4.71. The van der Waals surface area contributed by atoms with Crippen LogP contribution in [0.3, 0.4) is 0 Å². The third kappa shape index (κ3) is 4.66. The third-order valence-corrected chi connectivity index (χ3v) is 7.23. The molecule has 0 radical (unpaired) electrons. The maximum absolute atomic E-state index is 12.9. The Morgan fingerprint density at radius 2 is 1.83 bits per heavy atom. The summed E-state index contributed by atoms with van der Waals surface area (Å²) >= 11 is 0. The molecule has 1 N–H and O–H groups in total. The number of sulfonamides is 1. The SMILES string of the molecule is CC(C)c1cccc(NC(=O)C2CCN(S(=O)(=O)c3ccccc3C#N)CC2)c1. The Balaban J connectivity index is 1.65. The van der Waals surface area contributed by atoms with Gasteiger partial charge in [-0.25, -0.2) is 8.42 Å². The van der Waals surface area contributed by atoms with Crippen molar-refractivity contribution >= 4 is 21.6 Å². The van der Waals surface area contributed by atoms with Crippen LogP contribution in [-0.2, 0) is 14.8 Å². The summed E-state index contributed by atoms with van der Waals surface area (Å²) in [6.07, 6.45) is 0.896. The van der Waals surface area contributed by atoms with Crippen molar-refractivity contribution in [1.29, 1.82) is 5.26 Å². The van der Waals surface area contributed by atoms with Crippen LogP contribution in [0, 0.1) is 17.2 Å². The first kappa shape index (κ1) is 21.0. The fraction of sp³-hybridized carbons (Fsp3) is 0.364. The van der Waals surface area contributed by atoms with E-state index in [4.69, 9.17) is 0 Å². The van der Waals surface area contributed by atoms with E-state index < -0.39 is 10.0 Å². The Hall–Kier alpha value is -2.69. The van der Waals surface area contributed by atoms with Gasteiger partial charge in [0.25, 0.3) is 0 Å². The van der Waals surface area contributed by atoms with Crippen LogP contribution < -0.4 is 5.32 Å². The highest BCUT2D eigenvalue weighted by molar-refractivity contribution is 7.89. The molecule has 0 aromatic heterocycles. The summed E-state index contributed by atoms with van der Waals surface area (Å²) in [5.74, 6) is 0.0485. The minimum Gasteiger partial charge on any atom is -0.326 e. The summed E-state index contributed by atoms with van der Waals surface area (Å²) in [4.78, 5) is 12.7. The Morgan fingerprint density at radius 1 is 1.14 bits per heavy atom. The van der Waals surface area contributed by atoms with Gasteiger partial charge in [-0.2, -0.15) is 9.57 Å². The number of hydrogen-bond acceptors (Lipinski definition) is 4. The highest BCUT2D eigenvalue weighted by Crippen LogP contribution is 2.27. The predicted molar refractivity (Wildman–Crippen MR) is 112 cm³/mol. The van der Waals surface area contributed by atoms with Gasteiger partial charge in [0.2, 0.25) is 15.9 Å². The fourth-order valence-corrected chi connectivity index (χ4v) is 5.11. The van der Waals surface area contributed by atoms with Crippen molar-refractivity contribution in [3.8, 4) is 6.07 Å². The molecule has 29 heavy (non-hydrogen) atoms. The van der Waals surface area contributed by atoms with Gasteiger partial charge in [-0.05, 0) is 48.6 Å². The zero-order chi connectivity index (χ0) is 21.0. The van der Waals surface area contributed by atoms with Crippen molar-refractivity contribution in [2.75, 3.05) is 18.4 Å². The molecule has 1 amide bonds. The molecule has 2 aromatic carbocycles. The zero-order valence-electron chi connectivity index (χ0n) is 16.6. The number of nitrogens with zero attached hydrogens (tertiary/aromatic N) is 2. The topological polar surface area (TPSA) is 90.3 Å². The van der Waals surface area contributed by atoms with E-state index in [0.717, 1.165) is 11.3 Å². The van der Waals surface area contributed by atoms with E-state index in [2.05, 4.69) is 19.2 Å². The van der Waals surface area contributed by atoms with Crippen LogP contribution in [0.5, 0.6) is 0 Å². The maximum atomic E-state index is 12.9. The summed E-state index contributed by atoms with van der Waals surface area (Å²) in [5.41, 5.74) is 2.05. The van der Waals surface area contributed by atoms with Gasteiger partial charge in [0.1, 0.15) is 6.07 Å². The molecular formula is C22H25N3O3S. The molecule has 1 aliphatic rings. The van der Waals surface area contributed by atoms with E-state index in [-0.39, 0.29) is 35.4 Å². The molecule has 1 fully saturated rings. The van der Waals surface area contributed by atoms with Crippen LogP contribution in [0.25, 0.3) is 0 Å². The van der Waals surface area contributed by atoms with Crippen molar-refractivity contribution in [3.63, 3.8) is 0 Å². The van der Waals surface area contributed by atoms with Gasteiger partial charge < -0.3 is 5.32 Å². The van der Waals surface area contributed by atoms with Gasteiger partial charge in [0.05, 0.1) is 10.5 Å². The highest BCUT2D eigenvalue weighted by atomic mass is 32.2. The molecule has 6 nitrogen and oxygen atoms in total. The monoisotopic (exact) mass is 411 g/mol. The first-order chi connectivity index (χ1) is 13.8. The van der Waals surface area contributed by atoms with E-state index in [1.54, 1.807) is 12.1 Å². The summed E-state index contributed by atoms with van der Waals surface area (Å²) in [6, 6.07) is 15.9. The standard InChI is InChI=1S/C22H25N3O3S/c1-16(2)18-7-5-8-20(14-18)24-22(26)17-10-12-25(13-11-17)29(27,28)21-9-4-3-6-19(21)15-23/h3-9,14,16-17H,10-13H2,1-2H3,(H,24,26). The van der Waals surface area contributed by atoms with Gasteiger partial charge >= 0.3 is 0 Å². The van der Waals surface area contributed by atoms with Crippen LogP contribution in [0.4, 0.5) is 5.69 Å². The molecule has 0 aliphatic carbocycles. The number of benzene rings is 2. The average Bonchev–Trinajstić information content (AvgIpc) is 2.74. The van der Waals surface area contributed by atoms with Crippen LogP contribution in [0.15, 0.2) is 53.4 Å². The van der Waals surface area contributed by atoms with E-state index >= 15 is 0 Å². The van der Waals surface area contributed by atoms with Gasteiger partial charge in [-0.15, -0.1) is 0 Å². The lowest BCUT2D eigenvalue weighted by molar-refractivity contribution is -0.120. The molecule has 152 valence electrons. The molecular weight excluding hydrogens is 386 g/mol. The molecule has 0 atom stereocenters. The lowest BCUT2D eigenvalue weighted by Gasteiger charge is -2.30. The molecule has 0 bridgehead atoms. The lowest BCUT2D eigenvalue weighted by atomic mass is 9.97. The van der Waals surface area contributed by atoms with Gasteiger partial charge in [0.15, 0.2) is 0 Å². The number of anilines is 1. The van der Waals surface area contributed by atoms with E-state index in [9.17, 15) is 18.5 Å². The number of carbonyl (C=O) groups is 1. The van der Waals surface area contributed by atoms with E-state index in [1.807, 2.05) is 30.3 Å². The summed E-state index contributed by atoms with van der Waals surface area (Å²) < 4.78 is 27.2. The first-order valence-corrected chi connectivity index (χ1v) is 11.2. The first-order valence-electron chi connectivity index (χ1n) is 9.73. The second kappa shape index (κ2) is 8.76. The van der Waals surface area contributed by atoms with Crippen LogP contribution in [0.1, 0.15) is 43.7 Å². The van der Waals surface area contributed by atoms with Gasteiger partial charge in [-0.1, -0.05) is 38.1 Å².